The summed E-state index contributed by atoms with van der Waals surface area (Å²) in [5.41, 5.74) is 0.653. The van der Waals surface area contributed by atoms with E-state index in [1.165, 1.54) is 10.9 Å². The van der Waals surface area contributed by atoms with Crippen molar-refractivity contribution >= 4 is 17.2 Å². The first-order chi connectivity index (χ1) is 15.1. The van der Waals surface area contributed by atoms with E-state index in [2.05, 4.69) is 21.1 Å². The molecule has 0 bridgehead atoms. The van der Waals surface area contributed by atoms with Crippen molar-refractivity contribution in [2.24, 2.45) is 0 Å². The Balaban J connectivity index is 1.21. The molecule has 8 heteroatoms. The quantitative estimate of drug-likeness (QED) is 0.524. The number of hydrogen-bond donors (Lipinski definition) is 0. The van der Waals surface area contributed by atoms with Crippen LogP contribution in [-0.2, 0) is 24.2 Å². The molecule has 2 aromatic heterocycles. The van der Waals surface area contributed by atoms with E-state index in [4.69, 9.17) is 4.52 Å². The summed E-state index contributed by atoms with van der Waals surface area (Å²) in [6.07, 6.45) is 2.61. The molecule has 164 valence electrons. The zero-order valence-electron chi connectivity index (χ0n) is 17.7. The maximum Gasteiger partial charge on any atom is 0.226 e. The number of benzene rings is 1. The van der Waals surface area contributed by atoms with Gasteiger partial charge in [-0.2, -0.15) is 4.98 Å². The van der Waals surface area contributed by atoms with Crippen LogP contribution in [0.1, 0.15) is 36.4 Å². The average molecular weight is 443 g/mol. The highest BCUT2D eigenvalue weighted by Gasteiger charge is 2.21. The van der Waals surface area contributed by atoms with Crippen LogP contribution < -0.4 is 0 Å². The normalized spacial score (nSPS) is 14.8. The number of rotatable bonds is 8. The molecular weight excluding hydrogens is 415 g/mol. The van der Waals surface area contributed by atoms with Gasteiger partial charge in [-0.05, 0) is 24.6 Å². The molecule has 3 aromatic rings. The molecule has 0 radical (unpaired) electrons. The summed E-state index contributed by atoms with van der Waals surface area (Å²) in [7, 11) is 0. The van der Waals surface area contributed by atoms with Crippen LogP contribution in [0.2, 0.25) is 0 Å². The van der Waals surface area contributed by atoms with Crippen molar-refractivity contribution in [1.29, 1.82) is 0 Å². The van der Waals surface area contributed by atoms with E-state index in [9.17, 15) is 9.18 Å². The van der Waals surface area contributed by atoms with Gasteiger partial charge in [-0.3, -0.25) is 9.69 Å². The molecule has 1 fully saturated rings. The van der Waals surface area contributed by atoms with Crippen molar-refractivity contribution in [3.05, 3.63) is 58.8 Å². The first kappa shape index (κ1) is 21.6. The molecule has 0 unspecified atom stereocenters. The Morgan fingerprint density at radius 3 is 2.71 bits per heavy atom. The summed E-state index contributed by atoms with van der Waals surface area (Å²) in [6.45, 7) is 6.00. The van der Waals surface area contributed by atoms with Crippen molar-refractivity contribution in [1.82, 2.24) is 19.9 Å². The Morgan fingerprint density at radius 1 is 1.16 bits per heavy atom. The lowest BCUT2D eigenvalue weighted by molar-refractivity contribution is -0.133. The van der Waals surface area contributed by atoms with Crippen molar-refractivity contribution < 1.29 is 13.7 Å². The summed E-state index contributed by atoms with van der Waals surface area (Å²) < 4.78 is 19.2. The highest BCUT2D eigenvalue weighted by Crippen LogP contribution is 2.30. The number of hydrogen-bond acceptors (Lipinski definition) is 6. The summed E-state index contributed by atoms with van der Waals surface area (Å²) in [5.74, 6) is 1.32. The third-order valence-corrected chi connectivity index (χ3v) is 6.62. The monoisotopic (exact) mass is 442 g/mol. The van der Waals surface area contributed by atoms with Crippen molar-refractivity contribution in [3.8, 4) is 10.4 Å². The van der Waals surface area contributed by atoms with E-state index >= 15 is 0 Å². The molecule has 0 atom stereocenters. The molecular formula is C23H27FN4O2S. The highest BCUT2D eigenvalue weighted by atomic mass is 32.1. The Kier molecular flexibility index (Phi) is 7.09. The second kappa shape index (κ2) is 10.2. The van der Waals surface area contributed by atoms with E-state index in [1.807, 2.05) is 30.0 Å². The van der Waals surface area contributed by atoms with Gasteiger partial charge in [-0.25, -0.2) is 4.39 Å². The topological polar surface area (TPSA) is 62.5 Å². The van der Waals surface area contributed by atoms with E-state index in [1.54, 1.807) is 17.4 Å². The molecule has 4 rings (SSSR count). The largest absolute Gasteiger partial charge is 0.340 e. The van der Waals surface area contributed by atoms with Gasteiger partial charge in [-0.1, -0.05) is 30.3 Å². The van der Waals surface area contributed by atoms with Crippen LogP contribution in [-0.4, -0.2) is 52.0 Å². The summed E-state index contributed by atoms with van der Waals surface area (Å²) in [6, 6.07) is 10.9. The van der Waals surface area contributed by atoms with Gasteiger partial charge >= 0.3 is 0 Å². The molecule has 0 aliphatic carbocycles. The number of aromatic nitrogens is 2. The number of nitrogens with zero attached hydrogens (tertiary/aromatic N) is 4. The van der Waals surface area contributed by atoms with Crippen molar-refractivity contribution in [3.63, 3.8) is 0 Å². The van der Waals surface area contributed by atoms with Crippen LogP contribution in [0.3, 0.4) is 0 Å². The molecule has 0 saturated carbocycles. The SMILES string of the molecule is CCc1noc(CCCC(=O)N2CCN(Cc3ccc(-c4ccccc4F)s3)CC2)n1. The maximum atomic E-state index is 14.0. The van der Waals surface area contributed by atoms with Gasteiger partial charge in [0.25, 0.3) is 0 Å². The van der Waals surface area contributed by atoms with Crippen LogP contribution in [0.25, 0.3) is 10.4 Å². The van der Waals surface area contributed by atoms with Crippen LogP contribution in [0.15, 0.2) is 40.9 Å². The minimum absolute atomic E-state index is 0.187. The molecule has 31 heavy (non-hydrogen) atoms. The number of halogens is 1. The average Bonchev–Trinajstić information content (AvgIpc) is 3.44. The molecule has 1 aromatic carbocycles. The number of piperazine rings is 1. The number of carbonyl (C=O) groups is 1. The minimum Gasteiger partial charge on any atom is -0.340 e. The molecule has 1 aliphatic heterocycles. The van der Waals surface area contributed by atoms with Crippen LogP contribution in [0.4, 0.5) is 4.39 Å². The Bertz CT molecular complexity index is 1010. The first-order valence-electron chi connectivity index (χ1n) is 10.8. The second-order valence-electron chi connectivity index (χ2n) is 7.71. The van der Waals surface area contributed by atoms with Gasteiger partial charge in [0.05, 0.1) is 0 Å². The molecule has 0 spiro atoms. The summed E-state index contributed by atoms with van der Waals surface area (Å²) >= 11 is 1.63. The molecule has 1 amide bonds. The van der Waals surface area contributed by atoms with E-state index in [0.29, 0.717) is 30.1 Å². The number of aryl methyl sites for hydroxylation is 2. The Hall–Kier alpha value is -2.58. The van der Waals surface area contributed by atoms with E-state index in [0.717, 1.165) is 50.4 Å². The first-order valence-corrected chi connectivity index (χ1v) is 11.6. The fraction of sp³-hybridized carbons (Fsp3) is 0.435. The Morgan fingerprint density at radius 2 is 1.97 bits per heavy atom. The number of amides is 1. The summed E-state index contributed by atoms with van der Waals surface area (Å²) in [5, 5.41) is 3.88. The Labute approximate surface area is 185 Å². The number of carbonyl (C=O) groups excluding carboxylic acids is 1. The van der Waals surface area contributed by atoms with Gasteiger partial charge in [0.15, 0.2) is 5.82 Å². The maximum absolute atomic E-state index is 14.0. The fourth-order valence-electron chi connectivity index (χ4n) is 3.73. The third kappa shape index (κ3) is 5.57. The van der Waals surface area contributed by atoms with E-state index in [-0.39, 0.29) is 11.7 Å². The zero-order chi connectivity index (χ0) is 21.6. The van der Waals surface area contributed by atoms with Gasteiger partial charge < -0.3 is 9.42 Å². The lowest BCUT2D eigenvalue weighted by atomic mass is 10.2. The smallest absolute Gasteiger partial charge is 0.226 e. The second-order valence-corrected chi connectivity index (χ2v) is 8.88. The van der Waals surface area contributed by atoms with Gasteiger partial charge in [0.1, 0.15) is 5.82 Å². The predicted octanol–water partition coefficient (Wildman–Crippen LogP) is 4.17. The molecule has 1 saturated heterocycles. The zero-order valence-corrected chi connectivity index (χ0v) is 18.5. The number of thiophene rings is 1. The van der Waals surface area contributed by atoms with Gasteiger partial charge in [0, 0.05) is 67.3 Å². The van der Waals surface area contributed by atoms with Crippen LogP contribution in [0, 0.1) is 5.82 Å². The molecule has 0 N–H and O–H groups in total. The molecule has 1 aliphatic rings. The van der Waals surface area contributed by atoms with Crippen molar-refractivity contribution in [2.45, 2.75) is 39.2 Å². The van der Waals surface area contributed by atoms with E-state index < -0.39 is 0 Å². The molecule has 6 nitrogen and oxygen atoms in total. The van der Waals surface area contributed by atoms with Crippen LogP contribution in [0.5, 0.6) is 0 Å². The van der Waals surface area contributed by atoms with Crippen LogP contribution >= 0.6 is 11.3 Å². The molecule has 3 heterocycles. The lowest BCUT2D eigenvalue weighted by Crippen LogP contribution is -2.48. The fourth-order valence-corrected chi connectivity index (χ4v) is 4.81. The third-order valence-electron chi connectivity index (χ3n) is 5.51. The minimum atomic E-state index is -0.187. The lowest BCUT2D eigenvalue weighted by Gasteiger charge is -2.34. The van der Waals surface area contributed by atoms with Crippen molar-refractivity contribution in [2.75, 3.05) is 26.2 Å². The summed E-state index contributed by atoms with van der Waals surface area (Å²) in [4.78, 5) is 23.3. The standard InChI is InChI=1S/C23H27FN4O2S/c1-2-21-25-22(30-26-21)8-5-9-23(29)28-14-12-27(13-15-28)16-17-10-11-20(31-17)18-6-3-4-7-19(18)24/h3-4,6-7,10-11H,2,5,8-9,12-16H2,1H3. The van der Waals surface area contributed by atoms with Gasteiger partial charge in [-0.15, -0.1) is 11.3 Å². The highest BCUT2D eigenvalue weighted by molar-refractivity contribution is 7.15. The predicted molar refractivity (Wildman–Crippen MR) is 118 cm³/mol. The van der Waals surface area contributed by atoms with Gasteiger partial charge in [0.2, 0.25) is 11.8 Å².